The maximum atomic E-state index is 8.68. The van der Waals surface area contributed by atoms with Crippen LogP contribution in [-0.2, 0) is 0 Å². The molecule has 0 fully saturated rings. The van der Waals surface area contributed by atoms with Gasteiger partial charge in [0, 0.05) is 6.61 Å². The van der Waals surface area contributed by atoms with Crippen molar-refractivity contribution in [2.45, 2.75) is 19.8 Å². The van der Waals surface area contributed by atoms with Crippen LogP contribution in [0, 0.1) is 5.41 Å². The Morgan fingerprint density at radius 1 is 1.75 bits per heavy atom. The smallest absolute Gasteiger partial charge is 0.123 e. The zero-order chi connectivity index (χ0) is 6.78. The van der Waals surface area contributed by atoms with Crippen molar-refractivity contribution in [3.05, 3.63) is 0 Å². The molecule has 0 aromatic carbocycles. The van der Waals surface area contributed by atoms with Crippen molar-refractivity contribution in [1.82, 2.24) is 0 Å². The minimum absolute atomic E-state index is 0.0625. The van der Waals surface area contributed by atoms with E-state index < -0.39 is 0 Å². The number of rotatable bonds is 2. The van der Waals surface area contributed by atoms with E-state index in [2.05, 4.69) is 0 Å². The van der Waals surface area contributed by atoms with Gasteiger partial charge in [0.25, 0.3) is 0 Å². The second-order valence-corrected chi connectivity index (χ2v) is 2.94. The lowest BCUT2D eigenvalue weighted by atomic mass is 9.74. The maximum absolute atomic E-state index is 8.68. The summed E-state index contributed by atoms with van der Waals surface area (Å²) in [6, 6.07) is 0. The van der Waals surface area contributed by atoms with Crippen molar-refractivity contribution in [2.24, 2.45) is 11.1 Å². The third-order valence-electron chi connectivity index (χ3n) is 1.64. The molecular formula is C5H14BNO. The summed E-state index contributed by atoms with van der Waals surface area (Å²) < 4.78 is 0. The summed E-state index contributed by atoms with van der Waals surface area (Å²) in [7, 11) is 1.90. The molecule has 1 atom stereocenters. The second-order valence-electron chi connectivity index (χ2n) is 2.94. The Bertz CT molecular complexity index is 72.8. The van der Waals surface area contributed by atoms with Gasteiger partial charge in [0.15, 0.2) is 0 Å². The lowest BCUT2D eigenvalue weighted by Gasteiger charge is -2.25. The van der Waals surface area contributed by atoms with Crippen LogP contribution >= 0.6 is 0 Å². The van der Waals surface area contributed by atoms with Gasteiger partial charge in [-0.1, -0.05) is 13.8 Å². The molecule has 0 rings (SSSR count). The minimum Gasteiger partial charge on any atom is -0.396 e. The molecule has 1 unspecified atom stereocenters. The molecule has 0 saturated carbocycles. The van der Waals surface area contributed by atoms with Crippen molar-refractivity contribution in [1.29, 1.82) is 0 Å². The van der Waals surface area contributed by atoms with Crippen LogP contribution in [0.25, 0.3) is 0 Å². The van der Waals surface area contributed by atoms with Crippen LogP contribution in [0.15, 0.2) is 0 Å². The molecule has 3 N–H and O–H groups in total. The van der Waals surface area contributed by atoms with E-state index in [1.807, 2.05) is 21.7 Å². The van der Waals surface area contributed by atoms with Gasteiger partial charge in [-0.2, -0.15) is 0 Å². The summed E-state index contributed by atoms with van der Waals surface area (Å²) in [5.41, 5.74) is 5.40. The fourth-order valence-corrected chi connectivity index (χ4v) is 0.144. The average Bonchev–Trinajstić information content (AvgIpc) is 1.67. The van der Waals surface area contributed by atoms with Crippen LogP contribution < -0.4 is 5.73 Å². The maximum Gasteiger partial charge on any atom is 0.123 e. The fraction of sp³-hybridized carbons (Fsp3) is 1.00. The molecule has 2 nitrogen and oxygen atoms in total. The first-order chi connectivity index (χ1) is 3.50. The topological polar surface area (TPSA) is 46.2 Å². The van der Waals surface area contributed by atoms with Crippen LogP contribution in [0.5, 0.6) is 0 Å². The molecule has 48 valence electrons. The van der Waals surface area contributed by atoms with E-state index >= 15 is 0 Å². The van der Waals surface area contributed by atoms with Crippen LogP contribution in [0.3, 0.4) is 0 Å². The second kappa shape index (κ2) is 2.51. The van der Waals surface area contributed by atoms with Crippen LogP contribution in [0.1, 0.15) is 13.8 Å². The van der Waals surface area contributed by atoms with Gasteiger partial charge in [-0.3, -0.25) is 0 Å². The Kier molecular flexibility index (Phi) is 2.50. The minimum atomic E-state index is -0.125. The van der Waals surface area contributed by atoms with Crippen LogP contribution in [0.4, 0.5) is 0 Å². The lowest BCUT2D eigenvalue weighted by Crippen LogP contribution is -2.40. The fourth-order valence-electron chi connectivity index (χ4n) is 0.144. The van der Waals surface area contributed by atoms with Gasteiger partial charge in [0.2, 0.25) is 0 Å². The number of nitrogens with two attached hydrogens (primary N) is 1. The monoisotopic (exact) mass is 115 g/mol. The van der Waals surface area contributed by atoms with Crippen molar-refractivity contribution in [3.63, 3.8) is 0 Å². The number of hydrogen-bond donors (Lipinski definition) is 2. The first kappa shape index (κ1) is 7.98. The third kappa shape index (κ3) is 1.84. The molecule has 0 bridgehead atoms. The quantitative estimate of drug-likeness (QED) is 0.450. The highest BCUT2D eigenvalue weighted by molar-refractivity contribution is 6.12. The molecule has 0 spiro atoms. The first-order valence-electron chi connectivity index (χ1n) is 2.87. The molecule has 0 amide bonds. The summed E-state index contributed by atoms with van der Waals surface area (Å²) in [5.74, 6) is 0.0625. The Hall–Kier alpha value is -0.0151. The lowest BCUT2D eigenvalue weighted by molar-refractivity contribution is 0.156. The molecule has 0 aromatic rings. The van der Waals surface area contributed by atoms with E-state index in [1.54, 1.807) is 0 Å². The summed E-state index contributed by atoms with van der Waals surface area (Å²) in [6.45, 7) is 4.04. The van der Waals surface area contributed by atoms with Crippen molar-refractivity contribution < 1.29 is 5.11 Å². The van der Waals surface area contributed by atoms with Gasteiger partial charge >= 0.3 is 0 Å². The van der Waals surface area contributed by atoms with E-state index in [9.17, 15) is 0 Å². The molecule has 8 heavy (non-hydrogen) atoms. The van der Waals surface area contributed by atoms with Crippen molar-refractivity contribution >= 4 is 7.85 Å². The molecule has 0 saturated heterocycles. The zero-order valence-corrected chi connectivity index (χ0v) is 5.81. The van der Waals surface area contributed by atoms with E-state index in [0.717, 1.165) is 0 Å². The van der Waals surface area contributed by atoms with E-state index in [-0.39, 0.29) is 18.0 Å². The predicted octanol–water partition coefficient (Wildman–Crippen LogP) is -1.08. The van der Waals surface area contributed by atoms with Crippen molar-refractivity contribution in [3.8, 4) is 0 Å². The molecule has 0 heterocycles. The van der Waals surface area contributed by atoms with E-state index in [1.165, 1.54) is 0 Å². The Morgan fingerprint density at radius 3 is 2.12 bits per heavy atom. The van der Waals surface area contributed by atoms with Gasteiger partial charge < -0.3 is 10.8 Å². The summed E-state index contributed by atoms with van der Waals surface area (Å²) in [4.78, 5) is 0. The van der Waals surface area contributed by atoms with Gasteiger partial charge in [-0.15, -0.1) is 0 Å². The number of hydrogen-bond acceptors (Lipinski definition) is 2. The summed E-state index contributed by atoms with van der Waals surface area (Å²) in [5, 5.41) is 8.68. The molecule has 0 aromatic heterocycles. The van der Waals surface area contributed by atoms with Gasteiger partial charge in [0.05, 0.1) is 0 Å². The largest absolute Gasteiger partial charge is 0.396 e. The SMILES string of the molecule is BC(N)C(C)(C)CO. The highest BCUT2D eigenvalue weighted by atomic mass is 16.3. The Labute approximate surface area is 51.5 Å². The van der Waals surface area contributed by atoms with Gasteiger partial charge in [-0.05, 0) is 11.4 Å². The zero-order valence-electron chi connectivity index (χ0n) is 5.81. The highest BCUT2D eigenvalue weighted by Crippen LogP contribution is 2.14. The Morgan fingerprint density at radius 2 is 2.12 bits per heavy atom. The molecular weight excluding hydrogens is 101 g/mol. The standard InChI is InChI=1S/C5H14BNO/c1-5(2,3-8)4(6)7/h4,8H,3,6-7H2,1-2H3. The molecule has 0 aliphatic heterocycles. The Balaban J connectivity index is 3.71. The molecule has 3 heteroatoms. The highest BCUT2D eigenvalue weighted by Gasteiger charge is 2.20. The van der Waals surface area contributed by atoms with Crippen LogP contribution in [0.2, 0.25) is 0 Å². The number of aliphatic hydroxyl groups excluding tert-OH is 1. The first-order valence-corrected chi connectivity index (χ1v) is 2.87. The molecule has 0 radical (unpaired) electrons. The van der Waals surface area contributed by atoms with Gasteiger partial charge in [-0.25, -0.2) is 0 Å². The van der Waals surface area contributed by atoms with Crippen LogP contribution in [-0.4, -0.2) is 25.5 Å². The van der Waals surface area contributed by atoms with E-state index in [0.29, 0.717) is 0 Å². The third-order valence-corrected chi connectivity index (χ3v) is 1.64. The summed E-state index contributed by atoms with van der Waals surface area (Å²) >= 11 is 0. The summed E-state index contributed by atoms with van der Waals surface area (Å²) in [6.07, 6.45) is 0. The van der Waals surface area contributed by atoms with E-state index in [4.69, 9.17) is 10.8 Å². The van der Waals surface area contributed by atoms with Crippen molar-refractivity contribution in [2.75, 3.05) is 6.61 Å². The average molecular weight is 115 g/mol. The molecule has 0 aliphatic carbocycles. The number of aliphatic hydroxyl groups is 1. The normalized spacial score (nSPS) is 16.0. The van der Waals surface area contributed by atoms with Gasteiger partial charge in [0.1, 0.15) is 7.85 Å². The molecule has 0 aliphatic rings. The predicted molar refractivity (Wildman–Crippen MR) is 37.4 cm³/mol.